The third-order valence-electron chi connectivity index (χ3n) is 1.75. The lowest BCUT2D eigenvalue weighted by molar-refractivity contribution is 0.377. The maximum atomic E-state index is 13.3. The molecule has 2 aromatic heterocycles. The fourth-order valence-electron chi connectivity index (χ4n) is 0.972. The van der Waals surface area contributed by atoms with Crippen LogP contribution in [0.3, 0.4) is 0 Å². The van der Waals surface area contributed by atoms with Gasteiger partial charge in [-0.2, -0.15) is 4.98 Å². The van der Waals surface area contributed by atoms with E-state index in [1.165, 1.54) is 19.2 Å². The van der Waals surface area contributed by atoms with Crippen molar-refractivity contribution in [1.29, 1.82) is 0 Å². The molecule has 2 heterocycles. The molecule has 0 fully saturated rings. The average Bonchev–Trinajstić information content (AvgIpc) is 2.40. The van der Waals surface area contributed by atoms with E-state index in [9.17, 15) is 4.39 Å². The van der Waals surface area contributed by atoms with Crippen LogP contribution < -0.4 is 4.74 Å². The second-order valence-corrected chi connectivity index (χ2v) is 3.33. The number of halogens is 2. The zero-order valence-electron chi connectivity index (χ0n) is 9.08. The molecule has 0 radical (unpaired) electrons. The van der Waals surface area contributed by atoms with Gasteiger partial charge in [-0.15, -0.1) is 20.4 Å². The Morgan fingerprint density at radius 1 is 1.28 bits per heavy atom. The van der Waals surface area contributed by atoms with E-state index in [1.54, 1.807) is 0 Å². The van der Waals surface area contributed by atoms with Crippen molar-refractivity contribution < 1.29 is 9.13 Å². The molecule has 2 aromatic rings. The lowest BCUT2D eigenvalue weighted by atomic mass is 10.5. The first-order valence-corrected chi connectivity index (χ1v) is 5.04. The fourth-order valence-corrected chi connectivity index (χ4v) is 1.07. The van der Waals surface area contributed by atoms with Crippen LogP contribution in [0.4, 0.5) is 16.0 Å². The molecule has 18 heavy (non-hydrogen) atoms. The Kier molecular flexibility index (Phi) is 3.68. The molecular weight excluding hydrogens is 263 g/mol. The van der Waals surface area contributed by atoms with Crippen molar-refractivity contribution in [3.05, 3.63) is 29.3 Å². The van der Waals surface area contributed by atoms with Gasteiger partial charge in [0.1, 0.15) is 0 Å². The van der Waals surface area contributed by atoms with Gasteiger partial charge >= 0.3 is 6.01 Å². The van der Waals surface area contributed by atoms with Crippen molar-refractivity contribution in [3.8, 4) is 6.01 Å². The van der Waals surface area contributed by atoms with Crippen molar-refractivity contribution in [2.75, 3.05) is 7.11 Å². The Labute approximate surface area is 106 Å². The number of methoxy groups -OCH3 is 1. The average molecular weight is 269 g/mol. The summed E-state index contributed by atoms with van der Waals surface area (Å²) in [6, 6.07) is 2.96. The molecule has 0 atom stereocenters. The van der Waals surface area contributed by atoms with Crippen molar-refractivity contribution >= 4 is 23.2 Å². The topological polar surface area (TPSA) is 85.5 Å². The zero-order valence-corrected chi connectivity index (χ0v) is 9.84. The summed E-state index contributed by atoms with van der Waals surface area (Å²) in [5, 5.41) is 14.7. The molecule has 0 unspecified atom stereocenters. The molecular formula is C9H6ClFN6O. The van der Waals surface area contributed by atoms with Gasteiger partial charge < -0.3 is 4.74 Å². The highest BCUT2D eigenvalue weighted by Gasteiger charge is 2.06. The van der Waals surface area contributed by atoms with E-state index in [0.29, 0.717) is 0 Å². The van der Waals surface area contributed by atoms with Gasteiger partial charge in [0.25, 0.3) is 0 Å². The first-order valence-electron chi connectivity index (χ1n) is 4.66. The Morgan fingerprint density at radius 2 is 2.11 bits per heavy atom. The van der Waals surface area contributed by atoms with Crippen LogP contribution in [0.1, 0.15) is 0 Å². The Bertz CT molecular complexity index is 576. The van der Waals surface area contributed by atoms with E-state index in [-0.39, 0.29) is 22.8 Å². The molecule has 0 bridgehead atoms. The highest BCUT2D eigenvalue weighted by atomic mass is 35.5. The Balaban J connectivity index is 2.25. The standard InChI is InChI=1S/C9H6ClFN6O/c1-18-9-12-4-5(11)8(13-9)17-16-7-3-2-6(10)14-15-7/h2-4H,1H3/b17-16+. The number of ether oxygens (including phenoxy) is 1. The van der Waals surface area contributed by atoms with Gasteiger partial charge in [-0.3, -0.25) is 0 Å². The molecule has 0 saturated carbocycles. The van der Waals surface area contributed by atoms with Crippen molar-refractivity contribution in [3.63, 3.8) is 0 Å². The summed E-state index contributed by atoms with van der Waals surface area (Å²) >= 11 is 5.55. The molecule has 0 N–H and O–H groups in total. The number of aromatic nitrogens is 4. The van der Waals surface area contributed by atoms with Gasteiger partial charge in [0.05, 0.1) is 13.3 Å². The van der Waals surface area contributed by atoms with Gasteiger partial charge in [0.15, 0.2) is 16.8 Å². The predicted molar refractivity (Wildman–Crippen MR) is 59.8 cm³/mol. The predicted octanol–water partition coefficient (Wildman–Crippen LogP) is 2.48. The highest BCUT2D eigenvalue weighted by Crippen LogP contribution is 2.19. The Morgan fingerprint density at radius 3 is 2.78 bits per heavy atom. The zero-order chi connectivity index (χ0) is 13.0. The summed E-state index contributed by atoms with van der Waals surface area (Å²) in [7, 11) is 1.36. The monoisotopic (exact) mass is 268 g/mol. The third kappa shape index (κ3) is 2.92. The number of rotatable bonds is 3. The number of azo groups is 1. The van der Waals surface area contributed by atoms with Gasteiger partial charge in [0.2, 0.25) is 5.82 Å². The molecule has 2 rings (SSSR count). The summed E-state index contributed by atoms with van der Waals surface area (Å²) in [6.45, 7) is 0. The first-order chi connectivity index (χ1) is 8.69. The molecule has 0 spiro atoms. The van der Waals surface area contributed by atoms with Crippen LogP contribution in [0.25, 0.3) is 0 Å². The fraction of sp³-hybridized carbons (Fsp3) is 0.111. The number of hydrogen-bond acceptors (Lipinski definition) is 7. The van der Waals surface area contributed by atoms with Crippen molar-refractivity contribution in [2.24, 2.45) is 10.2 Å². The minimum atomic E-state index is -0.721. The normalized spacial score (nSPS) is 10.8. The van der Waals surface area contributed by atoms with Crippen molar-refractivity contribution in [1.82, 2.24) is 20.2 Å². The minimum absolute atomic E-state index is 0.00691. The molecule has 0 aromatic carbocycles. The van der Waals surface area contributed by atoms with Gasteiger partial charge in [0, 0.05) is 0 Å². The van der Waals surface area contributed by atoms with Crippen LogP contribution >= 0.6 is 11.6 Å². The summed E-state index contributed by atoms with van der Waals surface area (Å²) in [5.41, 5.74) is 0. The quantitative estimate of drug-likeness (QED) is 0.798. The highest BCUT2D eigenvalue weighted by molar-refractivity contribution is 6.29. The van der Waals surface area contributed by atoms with Gasteiger partial charge in [-0.1, -0.05) is 11.6 Å². The summed E-state index contributed by atoms with van der Waals surface area (Å²) in [5.74, 6) is -0.795. The SMILES string of the molecule is COc1ncc(F)c(/N=N/c2ccc(Cl)nn2)n1. The summed E-state index contributed by atoms with van der Waals surface area (Å²) in [6.07, 6.45) is 0.938. The van der Waals surface area contributed by atoms with E-state index < -0.39 is 5.82 Å². The lowest BCUT2D eigenvalue weighted by Gasteiger charge is -1.98. The van der Waals surface area contributed by atoms with Gasteiger partial charge in [-0.25, -0.2) is 9.37 Å². The van der Waals surface area contributed by atoms with E-state index in [1.807, 2.05) is 0 Å². The van der Waals surface area contributed by atoms with E-state index >= 15 is 0 Å². The Hall–Kier alpha value is -2.22. The second kappa shape index (κ2) is 5.41. The van der Waals surface area contributed by atoms with Crippen LogP contribution in [0.2, 0.25) is 5.15 Å². The molecule has 0 saturated heterocycles. The van der Waals surface area contributed by atoms with Crippen LogP contribution in [0.5, 0.6) is 6.01 Å². The summed E-state index contributed by atoms with van der Waals surface area (Å²) < 4.78 is 18.0. The van der Waals surface area contributed by atoms with Crippen LogP contribution in [0.15, 0.2) is 28.6 Å². The number of hydrogen-bond donors (Lipinski definition) is 0. The van der Waals surface area contributed by atoms with Crippen molar-refractivity contribution in [2.45, 2.75) is 0 Å². The van der Waals surface area contributed by atoms with E-state index in [0.717, 1.165) is 6.20 Å². The van der Waals surface area contributed by atoms with Crippen LogP contribution in [-0.2, 0) is 0 Å². The first kappa shape index (κ1) is 12.2. The molecule has 0 amide bonds. The van der Waals surface area contributed by atoms with Crippen LogP contribution in [-0.4, -0.2) is 27.3 Å². The second-order valence-electron chi connectivity index (χ2n) is 2.94. The van der Waals surface area contributed by atoms with E-state index in [2.05, 4.69) is 30.4 Å². The van der Waals surface area contributed by atoms with E-state index in [4.69, 9.17) is 16.3 Å². The smallest absolute Gasteiger partial charge is 0.318 e. The lowest BCUT2D eigenvalue weighted by Crippen LogP contribution is -1.92. The largest absolute Gasteiger partial charge is 0.467 e. The van der Waals surface area contributed by atoms with Crippen LogP contribution in [0, 0.1) is 5.82 Å². The summed E-state index contributed by atoms with van der Waals surface area (Å²) in [4.78, 5) is 7.25. The molecule has 7 nitrogen and oxygen atoms in total. The molecule has 0 aliphatic carbocycles. The minimum Gasteiger partial charge on any atom is -0.467 e. The third-order valence-corrected chi connectivity index (χ3v) is 1.95. The molecule has 0 aliphatic rings. The molecule has 92 valence electrons. The maximum Gasteiger partial charge on any atom is 0.318 e. The molecule has 0 aliphatic heterocycles. The van der Waals surface area contributed by atoms with Gasteiger partial charge in [-0.05, 0) is 12.1 Å². The molecule has 9 heteroatoms. The maximum absolute atomic E-state index is 13.3. The number of nitrogens with zero attached hydrogens (tertiary/aromatic N) is 6.